The molecule has 0 aromatic heterocycles. The molecule has 1 heterocycles. The summed E-state index contributed by atoms with van der Waals surface area (Å²) in [5.74, 6) is -0.655. The fraction of sp³-hybridized carbons (Fsp3) is 0.471. The molecule has 0 radical (unpaired) electrons. The van der Waals surface area contributed by atoms with Gasteiger partial charge in [0.1, 0.15) is 5.92 Å². The maximum atomic E-state index is 13.5. The number of ketones is 2. The van der Waals surface area contributed by atoms with Gasteiger partial charge in [0.2, 0.25) is 0 Å². The number of carbonyl (C=O) groups excluding carboxylic acids is 2. The topological polar surface area (TPSA) is 34.1 Å². The van der Waals surface area contributed by atoms with Gasteiger partial charge in [0.25, 0.3) is 0 Å². The van der Waals surface area contributed by atoms with Crippen molar-refractivity contribution in [3.05, 3.63) is 33.8 Å². The third kappa shape index (κ3) is 3.31. The second kappa shape index (κ2) is 8.33. The van der Waals surface area contributed by atoms with Crippen LogP contribution in [0.4, 0.5) is 0 Å². The predicted molar refractivity (Wildman–Crippen MR) is 118 cm³/mol. The highest BCUT2D eigenvalue weighted by atomic mass is 79.9. The lowest BCUT2D eigenvalue weighted by molar-refractivity contribution is -0.125. The number of aryl methyl sites for hydroxylation is 1. The molecule has 132 valence electrons. The molecule has 0 saturated heterocycles. The van der Waals surface area contributed by atoms with Crippen molar-refractivity contribution in [1.29, 1.82) is 0 Å². The molecule has 1 aromatic carbocycles. The summed E-state index contributed by atoms with van der Waals surface area (Å²) in [5.41, 5.74) is 1.93. The Morgan fingerprint density at radius 1 is 1.21 bits per heavy atom. The summed E-state index contributed by atoms with van der Waals surface area (Å²) in [6, 6.07) is 5.93. The first kappa shape index (κ1) is 20.6. The third-order valence-corrected chi connectivity index (χ3v) is 13.3. The average molecular weight is 466 g/mol. The molecule has 24 heavy (non-hydrogen) atoms. The maximum absolute atomic E-state index is 13.5. The zero-order valence-corrected chi connectivity index (χ0v) is 19.2. The van der Waals surface area contributed by atoms with Crippen LogP contribution in [-0.2, 0) is 16.0 Å². The Morgan fingerprint density at radius 2 is 1.83 bits per heavy atom. The van der Waals surface area contributed by atoms with Gasteiger partial charge >= 0.3 is 0 Å². The SMILES string of the molecule is CCc1ccc(Br)cc1C1C(=O)C(SC)=S(C)C(SC)(SC)C1=O. The quantitative estimate of drug-likeness (QED) is 0.355. The van der Waals surface area contributed by atoms with Crippen LogP contribution < -0.4 is 0 Å². The highest BCUT2D eigenvalue weighted by molar-refractivity contribution is 9.10. The first-order valence-corrected chi connectivity index (χ1v) is 13.5. The normalized spacial score (nSPS) is 23.7. The Bertz CT molecular complexity index is 711. The van der Waals surface area contributed by atoms with E-state index in [1.165, 1.54) is 11.8 Å². The molecule has 2 rings (SSSR count). The summed E-state index contributed by atoms with van der Waals surface area (Å²) in [7, 11) is -0.398. The number of hydrogen-bond donors (Lipinski definition) is 0. The molecule has 1 aromatic rings. The Kier molecular flexibility index (Phi) is 7.16. The number of Topliss-reactive ketones (excluding diaryl/α,β-unsaturated/α-hetero) is 2. The van der Waals surface area contributed by atoms with Crippen LogP contribution in [0, 0.1) is 0 Å². The number of carbonyl (C=O) groups is 2. The van der Waals surface area contributed by atoms with E-state index < -0.39 is 19.8 Å². The average Bonchev–Trinajstić information content (AvgIpc) is 2.57. The van der Waals surface area contributed by atoms with Gasteiger partial charge in [-0.15, -0.1) is 45.8 Å². The lowest BCUT2D eigenvalue weighted by Gasteiger charge is -2.39. The van der Waals surface area contributed by atoms with E-state index in [9.17, 15) is 9.59 Å². The first-order chi connectivity index (χ1) is 11.4. The van der Waals surface area contributed by atoms with Gasteiger partial charge in [-0.3, -0.25) is 9.59 Å². The molecule has 0 spiro atoms. The van der Waals surface area contributed by atoms with E-state index >= 15 is 0 Å². The minimum atomic E-state index is -0.691. The van der Waals surface area contributed by atoms with Gasteiger partial charge in [0, 0.05) is 4.47 Å². The number of hydrogen-bond acceptors (Lipinski definition) is 5. The van der Waals surface area contributed by atoms with Crippen molar-refractivity contribution in [2.75, 3.05) is 25.0 Å². The summed E-state index contributed by atoms with van der Waals surface area (Å²) in [6.07, 6.45) is 8.73. The number of benzene rings is 1. The Balaban J connectivity index is 2.75. The van der Waals surface area contributed by atoms with Crippen LogP contribution in [0.25, 0.3) is 0 Å². The molecule has 0 fully saturated rings. The number of halogens is 1. The summed E-state index contributed by atoms with van der Waals surface area (Å²) in [4.78, 5) is 26.6. The molecular formula is C17H21BrO2S4. The standard InChI is InChI=1S/C17H21BrO2S4/c1-6-10-7-8-11(18)9-12(10)13-14(19)16(21-2)24(5)17(22-3,23-4)15(13)20/h7-9,13H,6H2,1-5H3. The van der Waals surface area contributed by atoms with Gasteiger partial charge in [-0.05, 0) is 54.7 Å². The van der Waals surface area contributed by atoms with Gasteiger partial charge in [-0.25, -0.2) is 0 Å². The van der Waals surface area contributed by atoms with E-state index in [2.05, 4.69) is 22.9 Å². The van der Waals surface area contributed by atoms with Gasteiger partial charge in [-0.1, -0.05) is 28.9 Å². The molecule has 0 bridgehead atoms. The monoisotopic (exact) mass is 464 g/mol. The Labute approximate surface area is 167 Å². The van der Waals surface area contributed by atoms with Crippen LogP contribution >= 0.6 is 61.7 Å². The van der Waals surface area contributed by atoms with Gasteiger partial charge in [0.05, 0.1) is 4.20 Å². The van der Waals surface area contributed by atoms with Crippen LogP contribution in [0.2, 0.25) is 0 Å². The molecule has 0 N–H and O–H groups in total. The highest BCUT2D eigenvalue weighted by Crippen LogP contribution is 2.55. The largest absolute Gasteiger partial charge is 0.295 e. The van der Waals surface area contributed by atoms with Crippen molar-refractivity contribution < 1.29 is 9.59 Å². The molecule has 1 aliphatic heterocycles. The van der Waals surface area contributed by atoms with Crippen molar-refractivity contribution in [3.63, 3.8) is 0 Å². The zero-order valence-electron chi connectivity index (χ0n) is 14.3. The van der Waals surface area contributed by atoms with Gasteiger partial charge in [0.15, 0.2) is 15.0 Å². The van der Waals surface area contributed by atoms with Gasteiger partial charge < -0.3 is 0 Å². The molecule has 2 atom stereocenters. The van der Waals surface area contributed by atoms with Crippen LogP contribution in [0.5, 0.6) is 0 Å². The van der Waals surface area contributed by atoms with E-state index in [1.807, 2.05) is 43.2 Å². The third-order valence-electron chi connectivity index (χ3n) is 4.23. The van der Waals surface area contributed by atoms with Crippen LogP contribution in [0.15, 0.2) is 22.7 Å². The maximum Gasteiger partial charge on any atom is 0.189 e. The van der Waals surface area contributed by atoms with Crippen molar-refractivity contribution in [3.8, 4) is 0 Å². The zero-order chi connectivity index (χ0) is 18.1. The second-order valence-corrected chi connectivity index (χ2v) is 12.2. The fourth-order valence-electron chi connectivity index (χ4n) is 3.04. The summed E-state index contributed by atoms with van der Waals surface area (Å²) in [6.45, 7) is 2.06. The van der Waals surface area contributed by atoms with E-state index in [-0.39, 0.29) is 11.6 Å². The number of rotatable bonds is 4. The number of thioether (sulfide) groups is 3. The summed E-state index contributed by atoms with van der Waals surface area (Å²) < 4.78 is 1.16. The van der Waals surface area contributed by atoms with E-state index in [4.69, 9.17) is 0 Å². The second-order valence-electron chi connectivity index (χ2n) is 5.32. The molecule has 2 unspecified atom stereocenters. The minimum Gasteiger partial charge on any atom is -0.295 e. The van der Waals surface area contributed by atoms with Crippen molar-refractivity contribution in [1.82, 2.24) is 0 Å². The lowest BCUT2D eigenvalue weighted by atomic mass is 9.87. The molecule has 1 aliphatic rings. The Hall–Kier alpha value is 0.310. The molecule has 0 saturated carbocycles. The van der Waals surface area contributed by atoms with E-state index in [1.54, 1.807) is 23.5 Å². The molecule has 0 amide bonds. The minimum absolute atomic E-state index is 0.00939. The lowest BCUT2D eigenvalue weighted by Crippen LogP contribution is -2.44. The van der Waals surface area contributed by atoms with Crippen LogP contribution in [0.3, 0.4) is 0 Å². The molecule has 0 aliphatic carbocycles. The van der Waals surface area contributed by atoms with Crippen molar-refractivity contribution in [2.45, 2.75) is 22.7 Å². The van der Waals surface area contributed by atoms with Crippen molar-refractivity contribution in [2.24, 2.45) is 0 Å². The fourth-order valence-corrected chi connectivity index (χ4v) is 10.3. The Morgan fingerprint density at radius 3 is 2.33 bits per heavy atom. The van der Waals surface area contributed by atoms with E-state index in [0.29, 0.717) is 0 Å². The molecular weight excluding hydrogens is 444 g/mol. The van der Waals surface area contributed by atoms with Crippen LogP contribution in [-0.4, -0.2) is 44.2 Å². The summed E-state index contributed by atoms with van der Waals surface area (Å²) in [5, 5.41) is 0. The van der Waals surface area contributed by atoms with Crippen LogP contribution in [0.1, 0.15) is 24.0 Å². The predicted octanol–water partition coefficient (Wildman–Crippen LogP) is 5.02. The molecule has 2 nitrogen and oxygen atoms in total. The first-order valence-electron chi connectivity index (χ1n) is 7.42. The van der Waals surface area contributed by atoms with Crippen molar-refractivity contribution >= 4 is 77.5 Å². The smallest absolute Gasteiger partial charge is 0.189 e. The summed E-state index contributed by atoms with van der Waals surface area (Å²) >= 11 is 8.15. The van der Waals surface area contributed by atoms with E-state index in [0.717, 1.165) is 26.2 Å². The molecule has 7 heteroatoms. The van der Waals surface area contributed by atoms with Gasteiger partial charge in [-0.2, -0.15) is 0 Å². The highest BCUT2D eigenvalue weighted by Gasteiger charge is 2.51.